The number of benzene rings is 1. The Balaban J connectivity index is 1.59. The van der Waals surface area contributed by atoms with Gasteiger partial charge in [-0.1, -0.05) is 12.1 Å². The van der Waals surface area contributed by atoms with E-state index in [1.54, 1.807) is 24.3 Å². The Morgan fingerprint density at radius 1 is 1.06 bits per heavy atom. The molecule has 0 fully saturated rings. The van der Waals surface area contributed by atoms with Crippen molar-refractivity contribution < 1.29 is 9.59 Å². The number of rotatable bonds is 5. The number of hydrogen-bond donors (Lipinski definition) is 1. The van der Waals surface area contributed by atoms with E-state index in [0.717, 1.165) is 39.2 Å². The maximum absolute atomic E-state index is 12.5. The SMILES string of the molecule is CC(=O)c1cccc(NC(=O)CCc2c(C)nc3c4c(C)cc(C)nc4nn3c2C)c1. The Kier molecular flexibility index (Phi) is 5.27. The number of pyridine rings is 1. The molecule has 0 spiro atoms. The topological polar surface area (TPSA) is 89.2 Å². The standard InChI is InChI=1S/C24H25N5O2/c1-13-11-14(2)25-23-22(13)24-26-15(3)20(16(4)29(24)28-23)9-10-21(31)27-19-8-6-7-18(12-19)17(5)30/h6-8,11-12H,9-10H2,1-5H3,(H,27,31). The first-order valence-electron chi connectivity index (χ1n) is 10.3. The number of aromatic nitrogens is 4. The third kappa shape index (κ3) is 3.91. The molecule has 0 aliphatic heterocycles. The van der Waals surface area contributed by atoms with E-state index in [9.17, 15) is 9.59 Å². The molecular weight excluding hydrogens is 390 g/mol. The maximum Gasteiger partial charge on any atom is 0.224 e. The Bertz CT molecular complexity index is 1350. The molecule has 0 unspecified atom stereocenters. The van der Waals surface area contributed by atoms with Gasteiger partial charge in [-0.15, -0.1) is 5.10 Å². The number of Topliss-reactive ketones (excluding diaryl/α,β-unsaturated/α-hetero) is 1. The Hall–Kier alpha value is -3.61. The lowest BCUT2D eigenvalue weighted by atomic mass is 10.1. The van der Waals surface area contributed by atoms with Crippen LogP contribution < -0.4 is 5.32 Å². The van der Waals surface area contributed by atoms with Crippen LogP contribution in [-0.4, -0.2) is 31.3 Å². The van der Waals surface area contributed by atoms with E-state index in [1.165, 1.54) is 6.92 Å². The summed E-state index contributed by atoms with van der Waals surface area (Å²) in [4.78, 5) is 33.4. The first kappa shape index (κ1) is 20.7. The summed E-state index contributed by atoms with van der Waals surface area (Å²) < 4.78 is 1.83. The van der Waals surface area contributed by atoms with Gasteiger partial charge in [-0.2, -0.15) is 0 Å². The van der Waals surface area contributed by atoms with Gasteiger partial charge in [-0.05, 0) is 70.4 Å². The van der Waals surface area contributed by atoms with Gasteiger partial charge in [-0.3, -0.25) is 9.59 Å². The van der Waals surface area contributed by atoms with Gasteiger partial charge in [0, 0.05) is 34.8 Å². The Labute approximate surface area is 180 Å². The summed E-state index contributed by atoms with van der Waals surface area (Å²) in [6.45, 7) is 9.47. The molecule has 0 aliphatic rings. The minimum Gasteiger partial charge on any atom is -0.326 e. The minimum atomic E-state index is -0.113. The molecule has 1 amide bonds. The van der Waals surface area contributed by atoms with E-state index in [2.05, 4.69) is 15.4 Å². The van der Waals surface area contributed by atoms with E-state index in [0.29, 0.717) is 29.7 Å². The second-order valence-electron chi connectivity index (χ2n) is 7.96. The average molecular weight is 415 g/mol. The van der Waals surface area contributed by atoms with E-state index < -0.39 is 0 Å². The molecule has 3 aromatic heterocycles. The number of hydrogen-bond acceptors (Lipinski definition) is 5. The number of nitrogens with one attached hydrogen (secondary N) is 1. The highest BCUT2D eigenvalue weighted by Crippen LogP contribution is 2.25. The highest BCUT2D eigenvalue weighted by molar-refractivity contribution is 5.97. The molecule has 158 valence electrons. The predicted octanol–water partition coefficient (Wildman–Crippen LogP) is 4.29. The molecule has 0 bridgehead atoms. The first-order valence-corrected chi connectivity index (χ1v) is 10.3. The fraction of sp³-hybridized carbons (Fsp3) is 0.292. The number of aryl methyl sites for hydroxylation is 4. The van der Waals surface area contributed by atoms with E-state index in [1.807, 2.05) is 38.3 Å². The molecule has 0 saturated heterocycles. The van der Waals surface area contributed by atoms with Crippen molar-refractivity contribution in [3.63, 3.8) is 0 Å². The zero-order valence-electron chi connectivity index (χ0n) is 18.4. The van der Waals surface area contributed by atoms with Crippen LogP contribution in [0.25, 0.3) is 16.7 Å². The summed E-state index contributed by atoms with van der Waals surface area (Å²) in [6.07, 6.45) is 0.844. The second-order valence-corrected chi connectivity index (χ2v) is 7.96. The van der Waals surface area contributed by atoms with Crippen molar-refractivity contribution in [2.24, 2.45) is 0 Å². The number of fused-ring (bicyclic) bond motifs is 3. The maximum atomic E-state index is 12.5. The van der Waals surface area contributed by atoms with Crippen LogP contribution in [0.15, 0.2) is 30.3 Å². The average Bonchev–Trinajstić information content (AvgIpc) is 3.06. The molecule has 4 rings (SSSR count). The number of amides is 1. The lowest BCUT2D eigenvalue weighted by Crippen LogP contribution is -2.14. The number of carbonyl (C=O) groups is 2. The van der Waals surface area contributed by atoms with Crippen molar-refractivity contribution in [2.75, 3.05) is 5.32 Å². The molecule has 0 saturated carbocycles. The van der Waals surface area contributed by atoms with Crippen molar-refractivity contribution >= 4 is 34.1 Å². The van der Waals surface area contributed by atoms with E-state index >= 15 is 0 Å². The molecule has 31 heavy (non-hydrogen) atoms. The van der Waals surface area contributed by atoms with Crippen LogP contribution in [0.1, 0.15) is 51.9 Å². The summed E-state index contributed by atoms with van der Waals surface area (Å²) in [5, 5.41) is 8.51. The summed E-state index contributed by atoms with van der Waals surface area (Å²) in [5.41, 5.74) is 7.55. The van der Waals surface area contributed by atoms with Crippen LogP contribution in [0.5, 0.6) is 0 Å². The van der Waals surface area contributed by atoms with Crippen LogP contribution in [0.2, 0.25) is 0 Å². The van der Waals surface area contributed by atoms with Gasteiger partial charge < -0.3 is 5.32 Å². The monoisotopic (exact) mass is 415 g/mol. The quantitative estimate of drug-likeness (QED) is 0.491. The van der Waals surface area contributed by atoms with Gasteiger partial charge in [0.05, 0.1) is 5.39 Å². The van der Waals surface area contributed by atoms with Crippen LogP contribution >= 0.6 is 0 Å². The summed E-state index contributed by atoms with van der Waals surface area (Å²) in [7, 11) is 0. The van der Waals surface area contributed by atoms with Crippen molar-refractivity contribution in [2.45, 2.75) is 47.5 Å². The first-order chi connectivity index (χ1) is 14.7. The number of carbonyl (C=O) groups excluding carboxylic acids is 2. The molecule has 3 heterocycles. The smallest absolute Gasteiger partial charge is 0.224 e. The highest BCUT2D eigenvalue weighted by atomic mass is 16.1. The van der Waals surface area contributed by atoms with Crippen molar-refractivity contribution in [1.82, 2.24) is 19.6 Å². The van der Waals surface area contributed by atoms with Crippen molar-refractivity contribution in [3.8, 4) is 0 Å². The third-order valence-corrected chi connectivity index (χ3v) is 5.56. The van der Waals surface area contributed by atoms with E-state index in [4.69, 9.17) is 4.98 Å². The molecule has 4 aromatic rings. The molecule has 0 atom stereocenters. The predicted molar refractivity (Wildman–Crippen MR) is 121 cm³/mol. The van der Waals surface area contributed by atoms with Gasteiger partial charge >= 0.3 is 0 Å². The molecule has 0 aliphatic carbocycles. The number of anilines is 1. The van der Waals surface area contributed by atoms with Crippen molar-refractivity contribution in [3.05, 3.63) is 64.1 Å². The summed E-state index contributed by atoms with van der Waals surface area (Å²) >= 11 is 0. The molecular formula is C24H25N5O2. The second kappa shape index (κ2) is 7.91. The number of nitrogens with zero attached hydrogens (tertiary/aromatic N) is 4. The van der Waals surface area contributed by atoms with Crippen LogP contribution in [0.4, 0.5) is 5.69 Å². The van der Waals surface area contributed by atoms with Gasteiger partial charge in [0.25, 0.3) is 0 Å². The minimum absolute atomic E-state index is 0.0340. The largest absolute Gasteiger partial charge is 0.326 e. The highest BCUT2D eigenvalue weighted by Gasteiger charge is 2.17. The molecule has 7 heteroatoms. The van der Waals surface area contributed by atoms with Crippen molar-refractivity contribution in [1.29, 1.82) is 0 Å². The molecule has 1 aromatic carbocycles. The van der Waals surface area contributed by atoms with Gasteiger partial charge in [0.2, 0.25) is 5.91 Å². The Morgan fingerprint density at radius 3 is 2.58 bits per heavy atom. The number of ketones is 1. The van der Waals surface area contributed by atoms with E-state index in [-0.39, 0.29) is 11.7 Å². The Morgan fingerprint density at radius 2 is 1.84 bits per heavy atom. The zero-order chi connectivity index (χ0) is 22.3. The summed E-state index contributed by atoms with van der Waals surface area (Å²) in [5.74, 6) is -0.147. The van der Waals surface area contributed by atoms with Crippen LogP contribution in [0, 0.1) is 27.7 Å². The third-order valence-electron chi connectivity index (χ3n) is 5.56. The van der Waals surface area contributed by atoms with Gasteiger partial charge in [0.1, 0.15) is 0 Å². The molecule has 0 radical (unpaired) electrons. The zero-order valence-corrected chi connectivity index (χ0v) is 18.4. The fourth-order valence-electron chi connectivity index (χ4n) is 4.01. The van der Waals surface area contributed by atoms with Gasteiger partial charge in [0.15, 0.2) is 17.1 Å². The molecule has 7 nitrogen and oxygen atoms in total. The van der Waals surface area contributed by atoms with Gasteiger partial charge in [-0.25, -0.2) is 14.5 Å². The lowest BCUT2D eigenvalue weighted by molar-refractivity contribution is -0.116. The lowest BCUT2D eigenvalue weighted by Gasteiger charge is -2.11. The summed E-state index contributed by atoms with van der Waals surface area (Å²) in [6, 6.07) is 9.00. The van der Waals surface area contributed by atoms with Crippen LogP contribution in [0.3, 0.4) is 0 Å². The van der Waals surface area contributed by atoms with Crippen LogP contribution in [-0.2, 0) is 11.2 Å². The normalized spacial score (nSPS) is 11.3. The fourth-order valence-corrected chi connectivity index (χ4v) is 4.01. The molecule has 1 N–H and O–H groups in total.